The summed E-state index contributed by atoms with van der Waals surface area (Å²) in [6.45, 7) is 3.92. The Morgan fingerprint density at radius 2 is 2.00 bits per heavy atom. The van der Waals surface area contributed by atoms with Crippen LogP contribution in [0.1, 0.15) is 17.5 Å². The Bertz CT molecular complexity index is 1210. The number of oxazole rings is 1. The molecule has 4 rings (SSSR count). The number of aryl methyl sites for hydroxylation is 1. The average Bonchev–Trinajstić information content (AvgIpc) is 3.13. The summed E-state index contributed by atoms with van der Waals surface area (Å²) in [5, 5.41) is 6.13. The lowest BCUT2D eigenvalue weighted by Crippen LogP contribution is -2.17. The highest BCUT2D eigenvalue weighted by Gasteiger charge is 2.11. The van der Waals surface area contributed by atoms with Crippen LogP contribution in [-0.4, -0.2) is 28.0 Å². The van der Waals surface area contributed by atoms with Crippen LogP contribution in [0.15, 0.2) is 51.8 Å². The highest BCUT2D eigenvalue weighted by atomic mass is 19.1. The summed E-state index contributed by atoms with van der Waals surface area (Å²) in [6.07, 6.45) is 2.51. The largest absolute Gasteiger partial charge is 0.423 e. The second-order valence-corrected chi connectivity index (χ2v) is 7.20. The first-order valence-corrected chi connectivity index (χ1v) is 9.97. The second kappa shape index (κ2) is 9.07. The monoisotopic (exact) mass is 422 g/mol. The molecule has 0 aliphatic carbocycles. The summed E-state index contributed by atoms with van der Waals surface area (Å²) in [4.78, 5) is 23.7. The SMILES string of the molecule is Cc1cc2oc(Nc3nc(=O)c(-c4ccc(CNCCCN)cc4)c[nH]3)nc2cc1F. The normalized spacial score (nSPS) is 11.2. The van der Waals surface area contributed by atoms with Crippen LogP contribution in [0.3, 0.4) is 0 Å². The van der Waals surface area contributed by atoms with Crippen LogP contribution in [0.5, 0.6) is 0 Å². The fraction of sp³-hybridized carbons (Fsp3) is 0.227. The minimum atomic E-state index is -0.395. The molecule has 2 aromatic heterocycles. The van der Waals surface area contributed by atoms with Gasteiger partial charge in [-0.2, -0.15) is 9.97 Å². The number of anilines is 2. The number of nitrogens with zero attached hydrogens (tertiary/aromatic N) is 2. The van der Waals surface area contributed by atoms with Crippen molar-refractivity contribution >= 4 is 23.1 Å². The van der Waals surface area contributed by atoms with Crippen molar-refractivity contribution in [2.45, 2.75) is 19.9 Å². The van der Waals surface area contributed by atoms with E-state index in [1.54, 1.807) is 19.2 Å². The second-order valence-electron chi connectivity index (χ2n) is 7.20. The van der Waals surface area contributed by atoms with Crippen molar-refractivity contribution in [3.63, 3.8) is 0 Å². The van der Waals surface area contributed by atoms with E-state index in [1.165, 1.54) is 6.07 Å². The Hall–Kier alpha value is -3.56. The summed E-state index contributed by atoms with van der Waals surface area (Å²) < 4.78 is 19.3. The van der Waals surface area contributed by atoms with Gasteiger partial charge in [0, 0.05) is 18.8 Å². The minimum absolute atomic E-state index is 0.113. The van der Waals surface area contributed by atoms with E-state index in [1.807, 2.05) is 24.3 Å². The zero-order valence-electron chi connectivity index (χ0n) is 17.0. The van der Waals surface area contributed by atoms with Gasteiger partial charge < -0.3 is 20.5 Å². The molecule has 160 valence electrons. The molecule has 0 aliphatic heterocycles. The molecule has 0 bridgehead atoms. The number of hydrogen-bond acceptors (Lipinski definition) is 7. The number of aromatic amines is 1. The van der Waals surface area contributed by atoms with E-state index in [4.69, 9.17) is 10.2 Å². The molecule has 0 aliphatic rings. The topological polar surface area (TPSA) is 122 Å². The Balaban J connectivity index is 1.47. The van der Waals surface area contributed by atoms with Gasteiger partial charge in [0.2, 0.25) is 5.95 Å². The standard InChI is InChI=1S/C22H23FN6O2/c1-13-9-19-18(10-17(13)23)27-22(31-19)29-21-26-12-16(20(30)28-21)15-5-3-14(4-6-15)11-25-8-2-7-24/h3-6,9-10,12,25H,2,7-8,11,24H2,1H3,(H2,26,27,28,29,30). The molecule has 0 spiro atoms. The zero-order valence-corrected chi connectivity index (χ0v) is 17.0. The summed E-state index contributed by atoms with van der Waals surface area (Å²) in [5.41, 5.74) is 8.70. The van der Waals surface area contributed by atoms with Crippen LogP contribution in [0.2, 0.25) is 0 Å². The number of nitrogens with two attached hydrogens (primary N) is 1. The van der Waals surface area contributed by atoms with Crippen LogP contribution in [-0.2, 0) is 6.54 Å². The minimum Gasteiger partial charge on any atom is -0.423 e. The molecular formula is C22H23FN6O2. The van der Waals surface area contributed by atoms with Crippen molar-refractivity contribution in [2.24, 2.45) is 5.73 Å². The highest BCUT2D eigenvalue weighted by molar-refractivity contribution is 5.76. The number of halogens is 1. The first-order valence-electron chi connectivity index (χ1n) is 9.97. The van der Waals surface area contributed by atoms with Crippen LogP contribution >= 0.6 is 0 Å². The van der Waals surface area contributed by atoms with Gasteiger partial charge in [0.25, 0.3) is 5.56 Å². The van der Waals surface area contributed by atoms with E-state index >= 15 is 0 Å². The number of hydrogen-bond donors (Lipinski definition) is 4. The zero-order chi connectivity index (χ0) is 21.8. The third-order valence-corrected chi connectivity index (χ3v) is 4.84. The van der Waals surface area contributed by atoms with Crippen molar-refractivity contribution < 1.29 is 8.81 Å². The summed E-state index contributed by atoms with van der Waals surface area (Å²) >= 11 is 0. The number of fused-ring (bicyclic) bond motifs is 1. The van der Waals surface area contributed by atoms with Crippen molar-refractivity contribution in [1.82, 2.24) is 20.3 Å². The molecular weight excluding hydrogens is 399 g/mol. The maximum atomic E-state index is 13.7. The Morgan fingerprint density at radius 1 is 1.19 bits per heavy atom. The van der Waals surface area contributed by atoms with E-state index in [9.17, 15) is 9.18 Å². The summed E-state index contributed by atoms with van der Waals surface area (Å²) in [6, 6.07) is 10.7. The summed E-state index contributed by atoms with van der Waals surface area (Å²) in [7, 11) is 0. The average molecular weight is 422 g/mol. The van der Waals surface area contributed by atoms with E-state index in [2.05, 4.69) is 25.6 Å². The number of H-pyrrole nitrogens is 1. The number of aromatic nitrogens is 3. The Kier molecular flexibility index (Phi) is 6.06. The fourth-order valence-electron chi connectivity index (χ4n) is 3.13. The molecule has 0 fully saturated rings. The number of nitrogens with one attached hydrogen (secondary N) is 3. The van der Waals surface area contributed by atoms with Gasteiger partial charge in [0.1, 0.15) is 11.3 Å². The smallest absolute Gasteiger partial charge is 0.302 e. The lowest BCUT2D eigenvalue weighted by atomic mass is 10.1. The number of rotatable bonds is 8. The number of benzene rings is 2. The third-order valence-electron chi connectivity index (χ3n) is 4.84. The first-order chi connectivity index (χ1) is 15.0. The van der Waals surface area contributed by atoms with Gasteiger partial charge in [-0.25, -0.2) is 4.39 Å². The molecule has 5 N–H and O–H groups in total. The van der Waals surface area contributed by atoms with E-state index < -0.39 is 5.56 Å². The molecule has 0 radical (unpaired) electrons. The first kappa shape index (κ1) is 20.7. The molecule has 2 aromatic carbocycles. The molecule has 9 heteroatoms. The Labute approximate surface area is 177 Å². The molecule has 0 saturated heterocycles. The van der Waals surface area contributed by atoms with Gasteiger partial charge in [0.05, 0.1) is 5.56 Å². The highest BCUT2D eigenvalue weighted by Crippen LogP contribution is 2.23. The van der Waals surface area contributed by atoms with Crippen molar-refractivity contribution in [1.29, 1.82) is 0 Å². The van der Waals surface area contributed by atoms with E-state index in [0.717, 1.165) is 30.6 Å². The van der Waals surface area contributed by atoms with Gasteiger partial charge in [-0.05, 0) is 49.2 Å². The van der Waals surface area contributed by atoms with E-state index in [0.29, 0.717) is 28.8 Å². The molecule has 0 saturated carbocycles. The van der Waals surface area contributed by atoms with Gasteiger partial charge >= 0.3 is 6.01 Å². The van der Waals surface area contributed by atoms with Crippen molar-refractivity contribution in [3.05, 3.63) is 69.9 Å². The van der Waals surface area contributed by atoms with Gasteiger partial charge in [0.15, 0.2) is 5.58 Å². The van der Waals surface area contributed by atoms with Gasteiger partial charge in [-0.3, -0.25) is 10.1 Å². The van der Waals surface area contributed by atoms with Crippen LogP contribution < -0.4 is 21.9 Å². The molecule has 8 nitrogen and oxygen atoms in total. The molecule has 0 atom stereocenters. The maximum absolute atomic E-state index is 13.7. The Morgan fingerprint density at radius 3 is 2.74 bits per heavy atom. The molecule has 0 amide bonds. The van der Waals surface area contributed by atoms with Crippen LogP contribution in [0.25, 0.3) is 22.2 Å². The predicted molar refractivity (Wildman–Crippen MR) is 118 cm³/mol. The van der Waals surface area contributed by atoms with Crippen LogP contribution in [0.4, 0.5) is 16.4 Å². The van der Waals surface area contributed by atoms with E-state index in [-0.39, 0.29) is 17.8 Å². The molecule has 4 aromatic rings. The summed E-state index contributed by atoms with van der Waals surface area (Å²) in [5.74, 6) is -0.182. The lowest BCUT2D eigenvalue weighted by Gasteiger charge is -2.06. The van der Waals surface area contributed by atoms with Crippen molar-refractivity contribution in [3.8, 4) is 11.1 Å². The third kappa shape index (κ3) is 4.79. The van der Waals surface area contributed by atoms with Gasteiger partial charge in [-0.1, -0.05) is 24.3 Å². The van der Waals surface area contributed by atoms with Crippen molar-refractivity contribution in [2.75, 3.05) is 18.4 Å². The van der Waals surface area contributed by atoms with Crippen LogP contribution in [0, 0.1) is 12.7 Å². The molecule has 0 unspecified atom stereocenters. The predicted octanol–water partition coefficient (Wildman–Crippen LogP) is 3.21. The molecule has 2 heterocycles. The maximum Gasteiger partial charge on any atom is 0.302 e. The quantitative estimate of drug-likeness (QED) is 0.322. The lowest BCUT2D eigenvalue weighted by molar-refractivity contribution is 0.610. The fourth-order valence-corrected chi connectivity index (χ4v) is 3.13. The molecule has 31 heavy (non-hydrogen) atoms. The van der Waals surface area contributed by atoms with Gasteiger partial charge in [-0.15, -0.1) is 0 Å².